The SMILES string of the molecule is COCC(=Nc1ccc2c(-c3ccccc3C)cc(=O)oc2c1)C(=O)N1CCCCC1.O=CO. The number of likely N-dealkylation sites (tertiary alicyclic amines) is 1. The fraction of sp³-hybridized carbons (Fsp3) is 0.308. The number of methoxy groups -OCH3 is 1. The molecule has 1 aliphatic heterocycles. The summed E-state index contributed by atoms with van der Waals surface area (Å²) < 4.78 is 10.7. The van der Waals surface area contributed by atoms with Crippen molar-refractivity contribution in [3.05, 3.63) is 64.5 Å². The Morgan fingerprint density at radius 2 is 1.82 bits per heavy atom. The number of ether oxygens (including phenoxy) is 1. The average Bonchev–Trinajstić information content (AvgIpc) is 2.84. The molecular formula is C26H28N2O6. The van der Waals surface area contributed by atoms with Crippen LogP contribution >= 0.6 is 0 Å². The number of rotatable bonds is 5. The van der Waals surface area contributed by atoms with Gasteiger partial charge in [0.05, 0.1) is 12.3 Å². The molecule has 1 aromatic heterocycles. The summed E-state index contributed by atoms with van der Waals surface area (Å²) in [6, 6.07) is 14.9. The first-order chi connectivity index (χ1) is 16.5. The zero-order valence-electron chi connectivity index (χ0n) is 19.3. The quantitative estimate of drug-likeness (QED) is 0.344. The van der Waals surface area contributed by atoms with Gasteiger partial charge in [-0.1, -0.05) is 24.3 Å². The van der Waals surface area contributed by atoms with E-state index in [0.29, 0.717) is 17.0 Å². The highest BCUT2D eigenvalue weighted by Gasteiger charge is 2.22. The van der Waals surface area contributed by atoms with Gasteiger partial charge >= 0.3 is 5.63 Å². The van der Waals surface area contributed by atoms with Crippen molar-refractivity contribution in [2.45, 2.75) is 26.2 Å². The van der Waals surface area contributed by atoms with Crippen LogP contribution in [0.25, 0.3) is 22.1 Å². The molecule has 0 radical (unpaired) electrons. The Morgan fingerprint density at radius 3 is 2.50 bits per heavy atom. The van der Waals surface area contributed by atoms with Crippen molar-refractivity contribution in [1.82, 2.24) is 4.90 Å². The van der Waals surface area contributed by atoms with Gasteiger partial charge in [-0.2, -0.15) is 0 Å². The van der Waals surface area contributed by atoms with Crippen molar-refractivity contribution >= 4 is 34.7 Å². The van der Waals surface area contributed by atoms with Gasteiger partial charge in [0.25, 0.3) is 12.4 Å². The van der Waals surface area contributed by atoms with Crippen molar-refractivity contribution in [2.24, 2.45) is 4.99 Å². The average molecular weight is 465 g/mol. The van der Waals surface area contributed by atoms with Crippen LogP contribution in [0, 0.1) is 6.92 Å². The Labute approximate surface area is 197 Å². The van der Waals surface area contributed by atoms with Crippen molar-refractivity contribution < 1.29 is 23.8 Å². The van der Waals surface area contributed by atoms with E-state index in [1.807, 2.05) is 48.2 Å². The highest BCUT2D eigenvalue weighted by Crippen LogP contribution is 2.31. The lowest BCUT2D eigenvalue weighted by Gasteiger charge is -2.27. The molecule has 8 heteroatoms. The Hall–Kier alpha value is -3.78. The molecule has 1 aliphatic rings. The normalized spacial score (nSPS) is 13.8. The number of carbonyl (C=O) groups is 2. The molecule has 0 bridgehead atoms. The maximum Gasteiger partial charge on any atom is 0.336 e. The highest BCUT2D eigenvalue weighted by atomic mass is 16.5. The fourth-order valence-corrected chi connectivity index (χ4v) is 4.03. The van der Waals surface area contributed by atoms with Gasteiger partial charge in [0, 0.05) is 43.3 Å². The van der Waals surface area contributed by atoms with Gasteiger partial charge in [0.1, 0.15) is 11.3 Å². The number of carbonyl (C=O) groups excluding carboxylic acids is 1. The predicted octanol–water partition coefficient (Wildman–Crippen LogP) is 4.20. The minimum absolute atomic E-state index is 0.100. The van der Waals surface area contributed by atoms with E-state index in [1.165, 1.54) is 6.07 Å². The van der Waals surface area contributed by atoms with E-state index in [4.69, 9.17) is 19.1 Å². The van der Waals surface area contributed by atoms with Gasteiger partial charge in [-0.05, 0) is 49.4 Å². The molecule has 3 aromatic rings. The van der Waals surface area contributed by atoms with Crippen LogP contribution < -0.4 is 5.63 Å². The topological polar surface area (TPSA) is 109 Å². The lowest BCUT2D eigenvalue weighted by Crippen LogP contribution is -2.41. The second-order valence-corrected chi connectivity index (χ2v) is 7.92. The van der Waals surface area contributed by atoms with E-state index < -0.39 is 5.63 Å². The van der Waals surface area contributed by atoms with Crippen LogP contribution in [0.2, 0.25) is 0 Å². The molecule has 8 nitrogen and oxygen atoms in total. The number of piperidine rings is 1. The predicted molar refractivity (Wildman–Crippen MR) is 131 cm³/mol. The molecule has 2 aromatic carbocycles. The van der Waals surface area contributed by atoms with E-state index in [1.54, 1.807) is 13.2 Å². The number of amides is 1. The molecule has 0 unspecified atom stereocenters. The second-order valence-electron chi connectivity index (χ2n) is 7.92. The minimum Gasteiger partial charge on any atom is -0.483 e. The van der Waals surface area contributed by atoms with Crippen LogP contribution in [0.3, 0.4) is 0 Å². The number of benzene rings is 2. The van der Waals surface area contributed by atoms with Crippen molar-refractivity contribution in [1.29, 1.82) is 0 Å². The van der Waals surface area contributed by atoms with Gasteiger partial charge in [-0.15, -0.1) is 0 Å². The van der Waals surface area contributed by atoms with Crippen LogP contribution in [0.15, 0.2) is 62.7 Å². The summed E-state index contributed by atoms with van der Waals surface area (Å²) in [5.74, 6) is -0.100. The molecule has 1 saturated heterocycles. The van der Waals surface area contributed by atoms with Crippen LogP contribution in [0.1, 0.15) is 24.8 Å². The monoisotopic (exact) mass is 464 g/mol. The van der Waals surface area contributed by atoms with Gasteiger partial charge in [0.2, 0.25) is 0 Å². The van der Waals surface area contributed by atoms with Crippen LogP contribution in [-0.4, -0.2) is 54.9 Å². The molecule has 0 saturated carbocycles. The summed E-state index contributed by atoms with van der Waals surface area (Å²) in [5.41, 5.74) is 3.79. The summed E-state index contributed by atoms with van der Waals surface area (Å²) in [4.78, 5) is 39.9. The summed E-state index contributed by atoms with van der Waals surface area (Å²) in [5, 5.41) is 7.71. The first-order valence-corrected chi connectivity index (χ1v) is 11.1. The molecule has 1 fully saturated rings. The molecule has 1 amide bonds. The van der Waals surface area contributed by atoms with E-state index >= 15 is 0 Å². The Kier molecular flexibility index (Phi) is 8.70. The molecule has 0 spiro atoms. The fourth-order valence-electron chi connectivity index (χ4n) is 4.03. The van der Waals surface area contributed by atoms with Crippen molar-refractivity contribution in [3.63, 3.8) is 0 Å². The van der Waals surface area contributed by atoms with Gasteiger partial charge in [-0.25, -0.2) is 9.79 Å². The standard InChI is InChI=1S/C25H26N2O4.CH2O2/c1-17-8-4-5-9-19(17)21-15-24(28)31-23-14-18(10-11-20(21)23)26-22(16-30-2)25(29)27-12-6-3-7-13-27;2-1-3/h4-5,8-11,14-15H,3,6-7,12-13,16H2,1-2H3;1H,(H,2,3). The lowest BCUT2D eigenvalue weighted by molar-refractivity contribution is -0.125. The third-order valence-electron chi connectivity index (χ3n) is 5.60. The maximum absolute atomic E-state index is 12.9. The molecule has 4 rings (SSSR count). The Bertz CT molecular complexity index is 1240. The number of hydrogen-bond donors (Lipinski definition) is 1. The number of aryl methyl sites for hydroxylation is 1. The van der Waals surface area contributed by atoms with Gasteiger partial charge < -0.3 is 19.2 Å². The summed E-state index contributed by atoms with van der Waals surface area (Å²) >= 11 is 0. The molecular weight excluding hydrogens is 436 g/mol. The third-order valence-corrected chi connectivity index (χ3v) is 5.60. The molecule has 0 atom stereocenters. The zero-order chi connectivity index (χ0) is 24.5. The van der Waals surface area contributed by atoms with Crippen molar-refractivity contribution in [2.75, 3.05) is 26.8 Å². The molecule has 34 heavy (non-hydrogen) atoms. The molecule has 178 valence electrons. The van der Waals surface area contributed by atoms with Crippen molar-refractivity contribution in [3.8, 4) is 11.1 Å². The molecule has 0 aliphatic carbocycles. The van der Waals surface area contributed by atoms with Crippen LogP contribution in [0.5, 0.6) is 0 Å². The summed E-state index contributed by atoms with van der Waals surface area (Å²) in [7, 11) is 1.55. The van der Waals surface area contributed by atoms with Crippen LogP contribution in [0.4, 0.5) is 5.69 Å². The molecule has 1 N–H and O–H groups in total. The van der Waals surface area contributed by atoms with E-state index in [2.05, 4.69) is 4.99 Å². The Balaban J connectivity index is 0.00000103. The second kappa shape index (κ2) is 11.9. The largest absolute Gasteiger partial charge is 0.483 e. The summed E-state index contributed by atoms with van der Waals surface area (Å²) in [6.07, 6.45) is 3.16. The number of carboxylic acid groups (broad SMARTS) is 1. The minimum atomic E-state index is -0.423. The van der Waals surface area contributed by atoms with E-state index in [9.17, 15) is 9.59 Å². The van der Waals surface area contributed by atoms with Crippen LogP contribution in [-0.2, 0) is 14.3 Å². The van der Waals surface area contributed by atoms with E-state index in [-0.39, 0.29) is 19.0 Å². The summed E-state index contributed by atoms with van der Waals surface area (Å²) in [6.45, 7) is 3.38. The first-order valence-electron chi connectivity index (χ1n) is 11.1. The van der Waals surface area contributed by atoms with Gasteiger partial charge in [0.15, 0.2) is 0 Å². The number of aliphatic imine (C=N–C) groups is 1. The molecule has 2 heterocycles. The first kappa shape index (κ1) is 24.9. The van der Waals surface area contributed by atoms with Gasteiger partial charge in [-0.3, -0.25) is 9.59 Å². The zero-order valence-corrected chi connectivity index (χ0v) is 19.3. The number of hydrogen-bond acceptors (Lipinski definition) is 6. The number of fused-ring (bicyclic) bond motifs is 1. The smallest absolute Gasteiger partial charge is 0.336 e. The third kappa shape index (κ3) is 5.96. The number of nitrogens with zero attached hydrogens (tertiary/aromatic N) is 2. The van der Waals surface area contributed by atoms with E-state index in [0.717, 1.165) is 54.4 Å². The Morgan fingerprint density at radius 1 is 1.12 bits per heavy atom. The lowest BCUT2D eigenvalue weighted by atomic mass is 9.98. The highest BCUT2D eigenvalue weighted by molar-refractivity contribution is 6.40. The maximum atomic E-state index is 12.9.